The Hall–Kier alpha value is -4.71. The van der Waals surface area contributed by atoms with Crippen molar-refractivity contribution in [3.05, 3.63) is 78.2 Å². The Balaban J connectivity index is 1.68. The Bertz CT molecular complexity index is 1390. The second kappa shape index (κ2) is 9.83. The normalized spacial score (nSPS) is 10.5. The van der Waals surface area contributed by atoms with Gasteiger partial charge in [-0.15, -0.1) is 0 Å². The zero-order valence-corrected chi connectivity index (χ0v) is 18.7. The van der Waals surface area contributed by atoms with Gasteiger partial charge in [0.15, 0.2) is 0 Å². The first-order chi connectivity index (χ1) is 16.5. The maximum Gasteiger partial charge on any atom is 0.412 e. The maximum absolute atomic E-state index is 13.5. The molecule has 9 nitrogen and oxygen atoms in total. The van der Waals surface area contributed by atoms with Crippen LogP contribution in [0.5, 0.6) is 0 Å². The zero-order valence-electron chi connectivity index (χ0n) is 18.7. The second-order valence-electron chi connectivity index (χ2n) is 7.54. The van der Waals surface area contributed by atoms with E-state index >= 15 is 0 Å². The van der Waals surface area contributed by atoms with Crippen LogP contribution < -0.4 is 10.2 Å². The predicted molar refractivity (Wildman–Crippen MR) is 128 cm³/mol. The lowest BCUT2D eigenvalue weighted by atomic mass is 10.1. The largest absolute Gasteiger partial charge is 0.453 e. The summed E-state index contributed by atoms with van der Waals surface area (Å²) in [6, 6.07) is 16.7. The Labute approximate surface area is 196 Å². The Kier molecular flexibility index (Phi) is 6.50. The van der Waals surface area contributed by atoms with Crippen molar-refractivity contribution < 1.29 is 14.3 Å². The van der Waals surface area contributed by atoms with Crippen molar-refractivity contribution >= 4 is 29.2 Å². The SMILES string of the molecule is COC(=O)Nc1ccc(-c2cnc3ccc(C(=O)N(CCC#N)c4cccc(C)c4)cn23)cn1. The summed E-state index contributed by atoms with van der Waals surface area (Å²) >= 11 is 0. The zero-order chi connectivity index (χ0) is 24.1. The van der Waals surface area contributed by atoms with Crippen LogP contribution in [0.4, 0.5) is 16.3 Å². The van der Waals surface area contributed by atoms with Crippen molar-refractivity contribution in [2.45, 2.75) is 13.3 Å². The molecule has 170 valence electrons. The number of carbonyl (C=O) groups is 2. The second-order valence-corrected chi connectivity index (χ2v) is 7.54. The molecule has 34 heavy (non-hydrogen) atoms. The number of hydrogen-bond acceptors (Lipinski definition) is 6. The number of fused-ring (bicyclic) bond motifs is 1. The highest BCUT2D eigenvalue weighted by atomic mass is 16.5. The van der Waals surface area contributed by atoms with Gasteiger partial charge in [0.2, 0.25) is 0 Å². The van der Waals surface area contributed by atoms with Crippen LogP contribution >= 0.6 is 0 Å². The predicted octanol–water partition coefficient (Wildman–Crippen LogP) is 4.44. The van der Waals surface area contributed by atoms with Gasteiger partial charge in [0, 0.05) is 30.2 Å². The topological polar surface area (TPSA) is 113 Å². The molecule has 4 rings (SSSR count). The first-order valence-corrected chi connectivity index (χ1v) is 10.5. The highest BCUT2D eigenvalue weighted by molar-refractivity contribution is 6.06. The third kappa shape index (κ3) is 4.71. The molecule has 3 aromatic heterocycles. The lowest BCUT2D eigenvalue weighted by molar-refractivity contribution is 0.0987. The number of anilines is 2. The third-order valence-electron chi connectivity index (χ3n) is 5.23. The number of amides is 2. The molecule has 1 aromatic carbocycles. The standard InChI is InChI=1S/C25H22N6O3/c1-17-5-3-6-20(13-17)30(12-4-11-26)24(32)19-8-10-23-28-15-21(31(23)16-19)18-7-9-22(27-14-18)29-25(33)34-2/h3,5-10,13-16H,4,12H2,1-2H3,(H,27,29,33). The first-order valence-electron chi connectivity index (χ1n) is 10.5. The van der Waals surface area contributed by atoms with Gasteiger partial charge in [-0.3, -0.25) is 14.5 Å². The minimum absolute atomic E-state index is 0.210. The van der Waals surface area contributed by atoms with E-state index in [2.05, 4.69) is 26.1 Å². The van der Waals surface area contributed by atoms with E-state index in [0.29, 0.717) is 17.0 Å². The van der Waals surface area contributed by atoms with Crippen LogP contribution in [0.3, 0.4) is 0 Å². The Morgan fingerprint density at radius 3 is 2.71 bits per heavy atom. The van der Waals surface area contributed by atoms with E-state index in [1.54, 1.807) is 47.8 Å². The number of aryl methyl sites for hydroxylation is 1. The first kappa shape index (κ1) is 22.5. The molecule has 9 heteroatoms. The minimum Gasteiger partial charge on any atom is -0.453 e. The van der Waals surface area contributed by atoms with E-state index in [1.807, 2.05) is 35.6 Å². The lowest BCUT2D eigenvalue weighted by Gasteiger charge is -2.22. The fraction of sp³-hybridized carbons (Fsp3) is 0.160. The van der Waals surface area contributed by atoms with Crippen molar-refractivity contribution in [3.63, 3.8) is 0 Å². The summed E-state index contributed by atoms with van der Waals surface area (Å²) in [6.07, 6.45) is 4.65. The molecule has 0 fully saturated rings. The van der Waals surface area contributed by atoms with Crippen LogP contribution in [0, 0.1) is 18.3 Å². The van der Waals surface area contributed by atoms with Crippen molar-refractivity contribution in [1.29, 1.82) is 5.26 Å². The molecule has 4 aromatic rings. The van der Waals surface area contributed by atoms with Crippen LogP contribution in [-0.4, -0.2) is 40.0 Å². The summed E-state index contributed by atoms with van der Waals surface area (Å²) < 4.78 is 6.39. The van der Waals surface area contributed by atoms with Gasteiger partial charge in [0.05, 0.1) is 37.1 Å². The summed E-state index contributed by atoms with van der Waals surface area (Å²) in [4.78, 5) is 35.1. The summed E-state index contributed by atoms with van der Waals surface area (Å²) in [5.74, 6) is 0.143. The van der Waals surface area contributed by atoms with Crippen molar-refractivity contribution in [3.8, 4) is 17.3 Å². The Morgan fingerprint density at radius 2 is 2.00 bits per heavy atom. The number of methoxy groups -OCH3 is 1. The monoisotopic (exact) mass is 454 g/mol. The number of nitriles is 1. The fourth-order valence-corrected chi connectivity index (χ4v) is 3.56. The van der Waals surface area contributed by atoms with E-state index in [-0.39, 0.29) is 18.9 Å². The number of benzene rings is 1. The third-order valence-corrected chi connectivity index (χ3v) is 5.23. The summed E-state index contributed by atoms with van der Waals surface area (Å²) in [5.41, 5.74) is 4.39. The number of imidazole rings is 1. The molecule has 0 aliphatic rings. The molecule has 0 aliphatic carbocycles. The van der Waals surface area contributed by atoms with Crippen LogP contribution in [-0.2, 0) is 4.74 Å². The van der Waals surface area contributed by atoms with E-state index < -0.39 is 6.09 Å². The number of hydrogen-bond donors (Lipinski definition) is 1. The number of nitrogens with zero attached hydrogens (tertiary/aromatic N) is 5. The van der Waals surface area contributed by atoms with Crippen LogP contribution in [0.1, 0.15) is 22.3 Å². The number of ether oxygens (including phenoxy) is 1. The molecule has 0 spiro atoms. The molecule has 0 saturated carbocycles. The average Bonchev–Trinajstić information content (AvgIpc) is 3.28. The molecule has 0 unspecified atom stereocenters. The van der Waals surface area contributed by atoms with E-state index in [9.17, 15) is 9.59 Å². The molecular weight excluding hydrogens is 432 g/mol. The maximum atomic E-state index is 13.5. The Morgan fingerprint density at radius 1 is 1.15 bits per heavy atom. The number of carbonyl (C=O) groups excluding carboxylic acids is 2. The number of rotatable bonds is 6. The molecule has 3 heterocycles. The quantitative estimate of drug-likeness (QED) is 0.461. The van der Waals surface area contributed by atoms with Gasteiger partial charge in [0.25, 0.3) is 5.91 Å². The highest BCUT2D eigenvalue weighted by Crippen LogP contribution is 2.24. The van der Waals surface area contributed by atoms with Crippen molar-refractivity contribution in [1.82, 2.24) is 14.4 Å². The van der Waals surface area contributed by atoms with Crippen molar-refractivity contribution in [2.75, 3.05) is 23.9 Å². The summed E-state index contributed by atoms with van der Waals surface area (Å²) in [7, 11) is 1.28. The molecule has 0 atom stereocenters. The van der Waals surface area contributed by atoms with Gasteiger partial charge in [-0.2, -0.15) is 5.26 Å². The molecule has 1 N–H and O–H groups in total. The van der Waals surface area contributed by atoms with Crippen LogP contribution in [0.15, 0.2) is 67.1 Å². The van der Waals surface area contributed by atoms with Gasteiger partial charge in [0.1, 0.15) is 11.5 Å². The van der Waals surface area contributed by atoms with E-state index in [4.69, 9.17) is 5.26 Å². The van der Waals surface area contributed by atoms with Crippen LogP contribution in [0.2, 0.25) is 0 Å². The fourth-order valence-electron chi connectivity index (χ4n) is 3.56. The number of aromatic nitrogens is 3. The summed E-state index contributed by atoms with van der Waals surface area (Å²) in [5, 5.41) is 11.6. The molecule has 0 bridgehead atoms. The van der Waals surface area contributed by atoms with E-state index in [1.165, 1.54) is 7.11 Å². The number of nitrogens with one attached hydrogen (secondary N) is 1. The molecule has 0 aliphatic heterocycles. The van der Waals surface area contributed by atoms with Gasteiger partial charge in [-0.1, -0.05) is 12.1 Å². The summed E-state index contributed by atoms with van der Waals surface area (Å²) in [6.45, 7) is 2.24. The van der Waals surface area contributed by atoms with Gasteiger partial charge in [-0.25, -0.2) is 14.8 Å². The molecule has 2 amide bonds. The van der Waals surface area contributed by atoms with Crippen molar-refractivity contribution in [2.24, 2.45) is 0 Å². The molecule has 0 saturated heterocycles. The molecular formula is C25H22N6O3. The smallest absolute Gasteiger partial charge is 0.412 e. The average molecular weight is 454 g/mol. The van der Waals surface area contributed by atoms with Crippen LogP contribution in [0.25, 0.3) is 16.9 Å². The molecule has 0 radical (unpaired) electrons. The van der Waals surface area contributed by atoms with E-state index in [0.717, 1.165) is 22.5 Å². The van der Waals surface area contributed by atoms with Gasteiger partial charge >= 0.3 is 6.09 Å². The minimum atomic E-state index is -0.604. The van der Waals surface area contributed by atoms with Gasteiger partial charge < -0.3 is 9.64 Å². The lowest BCUT2D eigenvalue weighted by Crippen LogP contribution is -2.32. The number of pyridine rings is 2. The highest BCUT2D eigenvalue weighted by Gasteiger charge is 2.19. The van der Waals surface area contributed by atoms with Gasteiger partial charge in [-0.05, 0) is 48.9 Å².